The van der Waals surface area contributed by atoms with E-state index in [4.69, 9.17) is 14.2 Å². The normalized spacial score (nSPS) is 16.8. The minimum Gasteiger partial charge on any atom is -0.493 e. The summed E-state index contributed by atoms with van der Waals surface area (Å²) in [6.07, 6.45) is 4.29. The maximum Gasteiger partial charge on any atom is 0.228 e. The van der Waals surface area contributed by atoms with Gasteiger partial charge in [0.05, 0.1) is 26.1 Å². The van der Waals surface area contributed by atoms with E-state index in [0.717, 1.165) is 49.5 Å². The number of methoxy groups -OCH3 is 2. The average molecular weight is 397 g/mol. The van der Waals surface area contributed by atoms with Gasteiger partial charge in [-0.1, -0.05) is 0 Å². The highest BCUT2D eigenvalue weighted by Crippen LogP contribution is 2.34. The maximum absolute atomic E-state index is 12.4. The summed E-state index contributed by atoms with van der Waals surface area (Å²) in [5.74, 6) is 2.15. The van der Waals surface area contributed by atoms with Crippen LogP contribution in [0.15, 0.2) is 30.5 Å². The highest BCUT2D eigenvalue weighted by Gasteiger charge is 2.23. The second-order valence-corrected chi connectivity index (χ2v) is 7.42. The highest BCUT2D eigenvalue weighted by atomic mass is 16.5. The van der Waals surface area contributed by atoms with Gasteiger partial charge < -0.3 is 24.4 Å². The van der Waals surface area contributed by atoms with Crippen LogP contribution in [-0.2, 0) is 22.5 Å². The lowest BCUT2D eigenvalue weighted by Gasteiger charge is -2.31. The van der Waals surface area contributed by atoms with Crippen molar-refractivity contribution in [3.8, 4) is 11.5 Å². The largest absolute Gasteiger partial charge is 0.493 e. The van der Waals surface area contributed by atoms with E-state index in [2.05, 4.69) is 27.3 Å². The molecule has 0 saturated carbocycles. The highest BCUT2D eigenvalue weighted by molar-refractivity contribution is 5.91. The van der Waals surface area contributed by atoms with E-state index in [9.17, 15) is 4.79 Å². The Morgan fingerprint density at radius 3 is 2.52 bits per heavy atom. The standard InChI is InChI=1S/C22H27N3O4/c1-27-19-11-16-5-8-25(14-17(16)12-20(19)28-2)18-3-4-21(23-13-18)24-22(26)15-6-9-29-10-7-15/h3-4,11-13,15H,5-10,14H2,1-2H3,(H,23,24,26). The van der Waals surface area contributed by atoms with Crippen LogP contribution >= 0.6 is 0 Å². The number of anilines is 2. The molecule has 7 heteroatoms. The molecule has 4 rings (SSSR count). The summed E-state index contributed by atoms with van der Waals surface area (Å²) in [6, 6.07) is 8.00. The first-order chi connectivity index (χ1) is 14.2. The molecule has 0 unspecified atom stereocenters. The molecule has 3 heterocycles. The number of ether oxygens (including phenoxy) is 3. The second-order valence-electron chi connectivity index (χ2n) is 7.42. The summed E-state index contributed by atoms with van der Waals surface area (Å²) >= 11 is 0. The Bertz CT molecular complexity index is 863. The van der Waals surface area contributed by atoms with E-state index in [-0.39, 0.29) is 11.8 Å². The summed E-state index contributed by atoms with van der Waals surface area (Å²) in [6.45, 7) is 2.98. The molecule has 2 aliphatic rings. The molecule has 1 fully saturated rings. The minimum absolute atomic E-state index is 0.00999. The van der Waals surface area contributed by atoms with Crippen molar-refractivity contribution in [3.05, 3.63) is 41.6 Å². The van der Waals surface area contributed by atoms with Gasteiger partial charge in [0, 0.05) is 32.2 Å². The second kappa shape index (κ2) is 8.69. The summed E-state index contributed by atoms with van der Waals surface area (Å²) in [5, 5.41) is 2.93. The third-order valence-corrected chi connectivity index (χ3v) is 5.67. The molecule has 2 aromatic rings. The fourth-order valence-corrected chi connectivity index (χ4v) is 3.94. The van der Waals surface area contributed by atoms with E-state index in [0.29, 0.717) is 19.0 Å². The smallest absolute Gasteiger partial charge is 0.228 e. The molecule has 0 spiro atoms. The lowest BCUT2D eigenvalue weighted by molar-refractivity contribution is -0.122. The molecule has 0 aliphatic carbocycles. The molecule has 7 nitrogen and oxygen atoms in total. The summed E-state index contributed by atoms with van der Waals surface area (Å²) < 4.78 is 16.2. The van der Waals surface area contributed by atoms with Crippen molar-refractivity contribution < 1.29 is 19.0 Å². The maximum atomic E-state index is 12.4. The molecule has 1 aromatic carbocycles. The van der Waals surface area contributed by atoms with Crippen molar-refractivity contribution in [1.29, 1.82) is 0 Å². The van der Waals surface area contributed by atoms with Crippen molar-refractivity contribution in [3.63, 3.8) is 0 Å². The zero-order chi connectivity index (χ0) is 20.2. The minimum atomic E-state index is 0.00999. The Balaban J connectivity index is 1.42. The number of carbonyl (C=O) groups excluding carboxylic acids is 1. The van der Waals surface area contributed by atoms with Gasteiger partial charge in [0.2, 0.25) is 5.91 Å². The predicted octanol–water partition coefficient (Wildman–Crippen LogP) is 3.03. The lowest BCUT2D eigenvalue weighted by atomic mass is 9.98. The van der Waals surface area contributed by atoms with Crippen LogP contribution in [0.5, 0.6) is 11.5 Å². The van der Waals surface area contributed by atoms with Gasteiger partial charge in [0.15, 0.2) is 11.5 Å². The number of hydrogen-bond acceptors (Lipinski definition) is 6. The molecule has 0 radical (unpaired) electrons. The third-order valence-electron chi connectivity index (χ3n) is 5.67. The Morgan fingerprint density at radius 2 is 1.86 bits per heavy atom. The number of pyridine rings is 1. The number of nitrogens with one attached hydrogen (secondary N) is 1. The van der Waals surface area contributed by atoms with Gasteiger partial charge in [-0.15, -0.1) is 0 Å². The monoisotopic (exact) mass is 397 g/mol. The number of carbonyl (C=O) groups is 1. The van der Waals surface area contributed by atoms with Crippen LogP contribution < -0.4 is 19.7 Å². The van der Waals surface area contributed by atoms with E-state index in [1.54, 1.807) is 14.2 Å². The van der Waals surface area contributed by atoms with E-state index in [1.165, 1.54) is 11.1 Å². The Hall–Kier alpha value is -2.80. The van der Waals surface area contributed by atoms with Crippen molar-refractivity contribution in [2.75, 3.05) is 44.2 Å². The third kappa shape index (κ3) is 4.29. The van der Waals surface area contributed by atoms with Crippen LogP contribution in [0.4, 0.5) is 11.5 Å². The van der Waals surface area contributed by atoms with Crippen LogP contribution in [0.3, 0.4) is 0 Å². The molecule has 1 N–H and O–H groups in total. The number of benzene rings is 1. The SMILES string of the molecule is COc1cc2c(cc1OC)CN(c1ccc(NC(=O)C3CCOCC3)nc1)CC2. The van der Waals surface area contributed by atoms with Crippen molar-refractivity contribution in [1.82, 2.24) is 4.98 Å². The number of aromatic nitrogens is 1. The van der Waals surface area contributed by atoms with Crippen molar-refractivity contribution in [2.24, 2.45) is 5.92 Å². The van der Waals surface area contributed by atoms with Gasteiger partial charge in [0.1, 0.15) is 5.82 Å². The van der Waals surface area contributed by atoms with Crippen molar-refractivity contribution in [2.45, 2.75) is 25.8 Å². The molecule has 2 aliphatic heterocycles. The lowest BCUT2D eigenvalue weighted by Crippen LogP contribution is -2.31. The van der Waals surface area contributed by atoms with Gasteiger partial charge in [0.25, 0.3) is 0 Å². The van der Waals surface area contributed by atoms with Crippen LogP contribution in [0.2, 0.25) is 0 Å². The Kier molecular flexibility index (Phi) is 5.85. The van der Waals surface area contributed by atoms with Crippen LogP contribution in [0, 0.1) is 5.92 Å². The Morgan fingerprint density at radius 1 is 1.14 bits per heavy atom. The first kappa shape index (κ1) is 19.5. The number of rotatable bonds is 5. The van der Waals surface area contributed by atoms with Gasteiger partial charge in [-0.2, -0.15) is 0 Å². The van der Waals surface area contributed by atoms with E-state index < -0.39 is 0 Å². The molecular weight excluding hydrogens is 370 g/mol. The zero-order valence-electron chi connectivity index (χ0n) is 16.9. The van der Waals surface area contributed by atoms with Crippen molar-refractivity contribution >= 4 is 17.4 Å². The van der Waals surface area contributed by atoms with Gasteiger partial charge in [-0.25, -0.2) is 4.98 Å². The van der Waals surface area contributed by atoms with Gasteiger partial charge >= 0.3 is 0 Å². The molecule has 29 heavy (non-hydrogen) atoms. The quantitative estimate of drug-likeness (QED) is 0.836. The first-order valence-electron chi connectivity index (χ1n) is 10.0. The summed E-state index contributed by atoms with van der Waals surface area (Å²) in [4.78, 5) is 19.1. The van der Waals surface area contributed by atoms with E-state index in [1.807, 2.05) is 18.3 Å². The molecule has 0 bridgehead atoms. The molecule has 154 valence electrons. The predicted molar refractivity (Wildman–Crippen MR) is 111 cm³/mol. The van der Waals surface area contributed by atoms with Crippen LogP contribution in [0.1, 0.15) is 24.0 Å². The molecular formula is C22H27N3O4. The number of hydrogen-bond donors (Lipinski definition) is 1. The fraction of sp³-hybridized carbons (Fsp3) is 0.455. The zero-order valence-corrected chi connectivity index (χ0v) is 16.9. The fourth-order valence-electron chi connectivity index (χ4n) is 3.94. The number of fused-ring (bicyclic) bond motifs is 1. The molecule has 1 amide bonds. The summed E-state index contributed by atoms with van der Waals surface area (Å²) in [7, 11) is 3.32. The van der Waals surface area contributed by atoms with E-state index >= 15 is 0 Å². The topological polar surface area (TPSA) is 72.9 Å². The Labute approximate surface area is 171 Å². The van der Waals surface area contributed by atoms with Crippen LogP contribution in [-0.4, -0.2) is 44.9 Å². The van der Waals surface area contributed by atoms with Crippen LogP contribution in [0.25, 0.3) is 0 Å². The first-order valence-corrected chi connectivity index (χ1v) is 10.0. The number of nitrogens with zero attached hydrogens (tertiary/aromatic N) is 2. The summed E-state index contributed by atoms with van der Waals surface area (Å²) in [5.41, 5.74) is 3.55. The molecule has 0 atom stereocenters. The van der Waals surface area contributed by atoms with Gasteiger partial charge in [-0.3, -0.25) is 4.79 Å². The number of amides is 1. The molecule has 1 saturated heterocycles. The van der Waals surface area contributed by atoms with Gasteiger partial charge in [-0.05, 0) is 54.7 Å². The molecule has 1 aromatic heterocycles. The average Bonchev–Trinajstić information content (AvgIpc) is 2.78.